The number of ether oxygens (including phenoxy) is 1. The van der Waals surface area contributed by atoms with Gasteiger partial charge >= 0.3 is 0 Å². The normalized spacial score (nSPS) is 16.7. The maximum Gasteiger partial charge on any atom is 0.266 e. The summed E-state index contributed by atoms with van der Waals surface area (Å²) in [6, 6.07) is 25.6. The lowest BCUT2D eigenvalue weighted by Crippen LogP contribution is -2.44. The molecule has 32 heavy (non-hydrogen) atoms. The summed E-state index contributed by atoms with van der Waals surface area (Å²) in [6.45, 7) is 2.54. The fraction of sp³-hybridized carbons (Fsp3) is 0.192. The van der Waals surface area contributed by atoms with E-state index in [0.29, 0.717) is 6.61 Å². The molecule has 0 saturated carbocycles. The first-order chi connectivity index (χ1) is 15.5. The predicted molar refractivity (Wildman–Crippen MR) is 123 cm³/mol. The summed E-state index contributed by atoms with van der Waals surface area (Å²) >= 11 is 0. The van der Waals surface area contributed by atoms with Crippen LogP contribution in [0.1, 0.15) is 22.6 Å². The van der Waals surface area contributed by atoms with Crippen LogP contribution < -0.4 is 0 Å². The molecule has 0 unspecified atom stereocenters. The fourth-order valence-electron chi connectivity index (χ4n) is 3.77. The highest BCUT2D eigenvalue weighted by atomic mass is 32.2. The van der Waals surface area contributed by atoms with E-state index in [-0.39, 0.29) is 18.0 Å². The Balaban J connectivity index is 1.61. The Morgan fingerprint density at radius 1 is 0.875 bits per heavy atom. The van der Waals surface area contributed by atoms with Crippen LogP contribution >= 0.6 is 0 Å². The molecule has 1 heterocycles. The van der Waals surface area contributed by atoms with Gasteiger partial charge in [0, 0.05) is 0 Å². The molecule has 0 radical (unpaired) electrons. The second-order valence-electron chi connectivity index (χ2n) is 7.79. The number of carbonyl (C=O) groups is 1. The third-order valence-electron chi connectivity index (χ3n) is 5.51. The Morgan fingerprint density at radius 3 is 2.16 bits per heavy atom. The number of carbonyl (C=O) groups excluding carboxylic acids is 1. The quantitative estimate of drug-likeness (QED) is 0.502. The summed E-state index contributed by atoms with van der Waals surface area (Å²) in [5, 5.41) is 0. The average molecular weight is 448 g/mol. The number of amides is 1. The van der Waals surface area contributed by atoms with Crippen LogP contribution in [-0.4, -0.2) is 31.8 Å². The van der Waals surface area contributed by atoms with Crippen LogP contribution in [0.25, 0.3) is 0 Å². The van der Waals surface area contributed by atoms with Crippen molar-refractivity contribution in [2.24, 2.45) is 0 Å². The van der Waals surface area contributed by atoms with E-state index in [9.17, 15) is 13.2 Å². The van der Waals surface area contributed by atoms with Crippen LogP contribution in [0.5, 0.6) is 0 Å². The topological polar surface area (TPSA) is 63.7 Å². The van der Waals surface area contributed by atoms with Crippen molar-refractivity contribution in [1.29, 1.82) is 0 Å². The fourth-order valence-corrected chi connectivity index (χ4v) is 5.12. The van der Waals surface area contributed by atoms with Crippen LogP contribution in [0.4, 0.5) is 0 Å². The summed E-state index contributed by atoms with van der Waals surface area (Å²) in [4.78, 5) is 13.6. The summed E-state index contributed by atoms with van der Waals surface area (Å²) in [5.74, 6) is -1.17. The van der Waals surface area contributed by atoms with Gasteiger partial charge in [-0.3, -0.25) is 4.79 Å². The van der Waals surface area contributed by atoms with Crippen molar-refractivity contribution in [2.75, 3.05) is 13.2 Å². The predicted octanol–water partition coefficient (Wildman–Crippen LogP) is 4.45. The first kappa shape index (κ1) is 22.0. The highest BCUT2D eigenvalue weighted by molar-refractivity contribution is 7.89. The smallest absolute Gasteiger partial charge is 0.266 e. The lowest BCUT2D eigenvalue weighted by Gasteiger charge is -2.32. The highest BCUT2D eigenvalue weighted by Gasteiger charge is 2.39. The Hall–Kier alpha value is -3.22. The molecule has 0 spiro atoms. The minimum absolute atomic E-state index is 0.0115. The summed E-state index contributed by atoms with van der Waals surface area (Å²) < 4.78 is 33.3. The number of hydrogen-bond donors (Lipinski definition) is 0. The second-order valence-corrected chi connectivity index (χ2v) is 9.65. The van der Waals surface area contributed by atoms with Crippen molar-refractivity contribution < 1.29 is 17.9 Å². The molecule has 1 aliphatic heterocycles. The maximum atomic E-state index is 13.5. The van der Waals surface area contributed by atoms with E-state index in [4.69, 9.17) is 4.74 Å². The third kappa shape index (κ3) is 4.66. The largest absolute Gasteiger partial charge is 0.372 e. The zero-order valence-corrected chi connectivity index (χ0v) is 18.7. The van der Waals surface area contributed by atoms with E-state index in [0.717, 1.165) is 26.6 Å². The van der Waals surface area contributed by atoms with Crippen LogP contribution in [-0.2, 0) is 26.2 Å². The Kier molecular flexibility index (Phi) is 6.53. The molecule has 0 fully saturated rings. The van der Waals surface area contributed by atoms with Gasteiger partial charge in [0.2, 0.25) is 5.91 Å². The van der Waals surface area contributed by atoms with Crippen molar-refractivity contribution in [3.63, 3.8) is 0 Å². The van der Waals surface area contributed by atoms with Crippen molar-refractivity contribution >= 4 is 15.9 Å². The zero-order valence-electron chi connectivity index (χ0n) is 17.8. The molecule has 0 aromatic heterocycles. The zero-order chi connectivity index (χ0) is 22.6. The lowest BCUT2D eigenvalue weighted by molar-refractivity contribution is -0.127. The van der Waals surface area contributed by atoms with Gasteiger partial charge in [-0.15, -0.1) is 0 Å². The number of sulfonamides is 1. The molecule has 1 amide bonds. The van der Waals surface area contributed by atoms with E-state index in [1.807, 2.05) is 67.6 Å². The summed E-state index contributed by atoms with van der Waals surface area (Å²) in [5.41, 5.74) is 3.51. The van der Waals surface area contributed by atoms with Crippen molar-refractivity contribution in [2.45, 2.75) is 24.3 Å². The molecule has 3 aromatic rings. The third-order valence-corrected chi connectivity index (χ3v) is 7.28. The highest BCUT2D eigenvalue weighted by Crippen LogP contribution is 2.33. The van der Waals surface area contributed by atoms with Gasteiger partial charge in [-0.05, 0) is 35.8 Å². The van der Waals surface area contributed by atoms with Gasteiger partial charge in [0.05, 0.1) is 30.6 Å². The number of aryl methyl sites for hydroxylation is 1. The molecule has 4 rings (SSSR count). The van der Waals surface area contributed by atoms with E-state index >= 15 is 0 Å². The molecule has 1 aliphatic rings. The van der Waals surface area contributed by atoms with Crippen molar-refractivity contribution in [1.82, 2.24) is 4.31 Å². The molecule has 1 atom stereocenters. The van der Waals surface area contributed by atoms with Gasteiger partial charge in [-0.1, -0.05) is 84.4 Å². The number of rotatable bonds is 7. The van der Waals surface area contributed by atoms with Crippen LogP contribution in [0.2, 0.25) is 0 Å². The maximum absolute atomic E-state index is 13.5. The number of benzene rings is 3. The second kappa shape index (κ2) is 9.51. The van der Waals surface area contributed by atoms with E-state index < -0.39 is 21.8 Å². The Labute approximate surface area is 189 Å². The van der Waals surface area contributed by atoms with Gasteiger partial charge in [0.25, 0.3) is 10.0 Å². The van der Waals surface area contributed by atoms with Crippen LogP contribution in [0.15, 0.2) is 101 Å². The van der Waals surface area contributed by atoms with Crippen LogP contribution in [0.3, 0.4) is 0 Å². The van der Waals surface area contributed by atoms with E-state index in [1.54, 1.807) is 18.2 Å². The molecule has 0 N–H and O–H groups in total. The monoisotopic (exact) mass is 447 g/mol. The minimum atomic E-state index is -3.96. The van der Waals surface area contributed by atoms with Gasteiger partial charge in [-0.2, -0.15) is 0 Å². The molecular formula is C26H25NO4S. The standard InChI is InChI=1S/C26H25NO4S/c1-20-12-14-24(15-13-20)32(29,30)27-17-16-23(19-31-18-21-8-4-2-5-9-21)25(26(27)28)22-10-6-3-7-11-22/h2-16,25H,17-19H2,1H3/t25-/m1/s1. The van der Waals surface area contributed by atoms with Crippen LogP contribution in [0, 0.1) is 6.92 Å². The van der Waals surface area contributed by atoms with Gasteiger partial charge < -0.3 is 4.74 Å². The van der Waals surface area contributed by atoms with E-state index in [2.05, 4.69) is 0 Å². The average Bonchev–Trinajstić information content (AvgIpc) is 2.80. The summed E-state index contributed by atoms with van der Waals surface area (Å²) in [7, 11) is -3.96. The Morgan fingerprint density at radius 2 is 1.50 bits per heavy atom. The first-order valence-electron chi connectivity index (χ1n) is 10.5. The minimum Gasteiger partial charge on any atom is -0.372 e. The van der Waals surface area contributed by atoms with Gasteiger partial charge in [0.1, 0.15) is 0 Å². The summed E-state index contributed by atoms with van der Waals surface area (Å²) in [6.07, 6.45) is 1.80. The molecule has 0 saturated heterocycles. The van der Waals surface area contributed by atoms with Gasteiger partial charge in [-0.25, -0.2) is 12.7 Å². The number of hydrogen-bond acceptors (Lipinski definition) is 4. The first-order valence-corrected chi connectivity index (χ1v) is 11.9. The van der Waals surface area contributed by atoms with Gasteiger partial charge in [0.15, 0.2) is 0 Å². The van der Waals surface area contributed by atoms with Crippen molar-refractivity contribution in [3.8, 4) is 0 Å². The lowest BCUT2D eigenvalue weighted by atomic mass is 9.88. The molecule has 164 valence electrons. The number of nitrogens with zero attached hydrogens (tertiary/aromatic N) is 1. The molecule has 6 heteroatoms. The molecule has 3 aromatic carbocycles. The van der Waals surface area contributed by atoms with Crippen molar-refractivity contribution in [3.05, 3.63) is 113 Å². The SMILES string of the molecule is Cc1ccc(S(=O)(=O)N2CC=C(COCc3ccccc3)[C@@H](c3ccccc3)C2=O)cc1. The molecule has 0 aliphatic carbocycles. The molecular weight excluding hydrogens is 422 g/mol. The molecule has 5 nitrogen and oxygen atoms in total. The molecule has 0 bridgehead atoms. The van der Waals surface area contributed by atoms with E-state index in [1.165, 1.54) is 12.1 Å². The Bertz CT molecular complexity index is 1200.